The molecule has 1 aliphatic heterocycles. The molecule has 0 bridgehead atoms. The second kappa shape index (κ2) is 22.0. The lowest BCUT2D eigenvalue weighted by Gasteiger charge is -2.40. The van der Waals surface area contributed by atoms with Crippen LogP contribution in [-0.2, 0) is 14.3 Å². The maximum Gasteiger partial charge on any atom is 0.239 e. The van der Waals surface area contributed by atoms with E-state index in [2.05, 4.69) is 78.3 Å². The van der Waals surface area contributed by atoms with E-state index in [1.54, 1.807) is 0 Å². The molecule has 0 aromatic carbocycles. The Morgan fingerprint density at radius 3 is 1.69 bits per heavy atom. The molecule has 1 aliphatic rings. The smallest absolute Gasteiger partial charge is 0.239 e. The number of ether oxygens (including phenoxy) is 1. The van der Waals surface area contributed by atoms with Gasteiger partial charge in [0.2, 0.25) is 11.8 Å². The summed E-state index contributed by atoms with van der Waals surface area (Å²) in [6.45, 7) is 1.19. The summed E-state index contributed by atoms with van der Waals surface area (Å²) >= 11 is 0. The number of carbonyl (C=O) groups is 2. The lowest BCUT2D eigenvalue weighted by molar-refractivity contribution is -0.253. The Balaban J connectivity index is 2.09. The first-order valence-electron chi connectivity index (χ1n) is 13.7. The molecule has 9 heteroatoms. The summed E-state index contributed by atoms with van der Waals surface area (Å²) in [4.78, 5) is 24.0. The number of allylic oxidation sites excluding steroid dienone is 12. The van der Waals surface area contributed by atoms with Crippen molar-refractivity contribution in [3.63, 3.8) is 0 Å². The minimum absolute atomic E-state index is 0.212. The molecule has 0 aliphatic carbocycles. The van der Waals surface area contributed by atoms with Crippen molar-refractivity contribution in [2.45, 2.75) is 88.9 Å². The third-order valence-corrected chi connectivity index (χ3v) is 5.81. The van der Waals surface area contributed by atoms with Crippen LogP contribution in [0, 0.1) is 0 Å². The second-order valence-electron chi connectivity index (χ2n) is 9.05. The highest BCUT2D eigenvalue weighted by molar-refractivity contribution is 5.84. The number of nitrogens with one attached hydrogen (secondary N) is 2. The van der Waals surface area contributed by atoms with Gasteiger partial charge >= 0.3 is 0 Å². The predicted molar refractivity (Wildman–Crippen MR) is 152 cm³/mol. The highest BCUT2D eigenvalue weighted by atomic mass is 16.6. The number of carbonyl (C=O) groups excluding carboxylic acids is 2. The van der Waals surface area contributed by atoms with Crippen LogP contribution < -0.4 is 10.6 Å². The molecule has 0 aromatic heterocycles. The first-order valence-corrected chi connectivity index (χ1v) is 13.7. The van der Waals surface area contributed by atoms with Crippen LogP contribution in [0.25, 0.3) is 0 Å². The van der Waals surface area contributed by atoms with Crippen molar-refractivity contribution in [2.75, 3.05) is 13.2 Å². The number of amides is 2. The van der Waals surface area contributed by atoms with Gasteiger partial charge in [0.1, 0.15) is 24.4 Å². The summed E-state index contributed by atoms with van der Waals surface area (Å²) in [5, 5.41) is 43.6. The van der Waals surface area contributed by atoms with Gasteiger partial charge < -0.3 is 35.8 Å². The molecule has 1 rings (SSSR count). The van der Waals surface area contributed by atoms with Gasteiger partial charge in [0.05, 0.1) is 13.2 Å². The maximum absolute atomic E-state index is 12.0. The van der Waals surface area contributed by atoms with Crippen LogP contribution in [0.2, 0.25) is 0 Å². The molecule has 1 heterocycles. The molecular weight excluding hydrogens is 500 g/mol. The zero-order valence-electron chi connectivity index (χ0n) is 22.9. The molecule has 1 saturated heterocycles. The van der Waals surface area contributed by atoms with Gasteiger partial charge in [-0.2, -0.15) is 0 Å². The van der Waals surface area contributed by atoms with Crippen molar-refractivity contribution in [2.24, 2.45) is 0 Å². The molecule has 2 amide bonds. The summed E-state index contributed by atoms with van der Waals surface area (Å²) in [6, 6.07) is -1.29. The van der Waals surface area contributed by atoms with E-state index in [4.69, 9.17) is 9.84 Å². The molecule has 39 heavy (non-hydrogen) atoms. The zero-order valence-corrected chi connectivity index (χ0v) is 22.9. The maximum atomic E-state index is 12.0. The number of rotatable bonds is 18. The van der Waals surface area contributed by atoms with Gasteiger partial charge in [0.15, 0.2) is 6.29 Å². The van der Waals surface area contributed by atoms with Gasteiger partial charge in [0, 0.05) is 6.42 Å². The van der Waals surface area contributed by atoms with E-state index < -0.39 is 43.2 Å². The van der Waals surface area contributed by atoms with Crippen molar-refractivity contribution in [3.05, 3.63) is 72.9 Å². The summed E-state index contributed by atoms with van der Waals surface area (Å²) in [6.07, 6.45) is 26.0. The Labute approximate surface area is 232 Å². The molecule has 5 atom stereocenters. The Kier molecular flexibility index (Phi) is 19.3. The summed E-state index contributed by atoms with van der Waals surface area (Å²) in [5.74, 6) is -0.968. The minimum Gasteiger partial charge on any atom is -0.394 e. The second-order valence-corrected chi connectivity index (χ2v) is 9.05. The SMILES string of the molecule is CC/C=C\C/C=C\C/C=C\C/C=C\C/C=C\C/C=C\CCC(=O)NCC(=O)NC1[C@H](O)OC(CO)[C@@H](O)[C@H]1O. The third-order valence-electron chi connectivity index (χ3n) is 5.81. The van der Waals surface area contributed by atoms with Crippen LogP contribution in [0.5, 0.6) is 0 Å². The summed E-state index contributed by atoms with van der Waals surface area (Å²) in [5.41, 5.74) is 0. The van der Waals surface area contributed by atoms with Crippen molar-refractivity contribution in [1.82, 2.24) is 10.6 Å². The first kappa shape index (κ1) is 34.2. The highest BCUT2D eigenvalue weighted by Crippen LogP contribution is 2.19. The Morgan fingerprint density at radius 2 is 1.21 bits per heavy atom. The van der Waals surface area contributed by atoms with Crippen LogP contribution in [0.3, 0.4) is 0 Å². The first-order chi connectivity index (χ1) is 18.9. The topological polar surface area (TPSA) is 148 Å². The lowest BCUT2D eigenvalue weighted by Crippen LogP contribution is -2.64. The summed E-state index contributed by atoms with van der Waals surface area (Å²) < 4.78 is 4.98. The van der Waals surface area contributed by atoms with E-state index >= 15 is 0 Å². The van der Waals surface area contributed by atoms with Crippen molar-refractivity contribution >= 4 is 11.8 Å². The largest absolute Gasteiger partial charge is 0.394 e. The van der Waals surface area contributed by atoms with Crippen LogP contribution in [0.4, 0.5) is 0 Å². The lowest BCUT2D eigenvalue weighted by atomic mass is 9.97. The zero-order chi connectivity index (χ0) is 28.7. The van der Waals surface area contributed by atoms with Crippen molar-refractivity contribution < 1.29 is 34.8 Å². The number of aliphatic hydroxyl groups is 4. The molecule has 0 aromatic rings. The van der Waals surface area contributed by atoms with Crippen LogP contribution >= 0.6 is 0 Å². The monoisotopic (exact) mass is 546 g/mol. The molecule has 9 nitrogen and oxygen atoms in total. The van der Waals surface area contributed by atoms with Crippen molar-refractivity contribution in [1.29, 1.82) is 0 Å². The average molecular weight is 547 g/mol. The van der Waals surface area contributed by atoms with Crippen molar-refractivity contribution in [3.8, 4) is 0 Å². The number of aliphatic hydroxyl groups excluding tert-OH is 4. The fraction of sp³-hybridized carbons (Fsp3) is 0.533. The van der Waals surface area contributed by atoms with Gasteiger partial charge in [-0.15, -0.1) is 0 Å². The van der Waals surface area contributed by atoms with Crippen LogP contribution in [-0.4, -0.2) is 76.0 Å². The number of hydrogen-bond acceptors (Lipinski definition) is 7. The molecule has 0 saturated carbocycles. The third kappa shape index (κ3) is 16.0. The quantitative estimate of drug-likeness (QED) is 0.145. The molecule has 6 N–H and O–H groups in total. The van der Waals surface area contributed by atoms with Gasteiger partial charge in [-0.3, -0.25) is 9.59 Å². The average Bonchev–Trinajstić information content (AvgIpc) is 2.93. The van der Waals surface area contributed by atoms with Crippen LogP contribution in [0.15, 0.2) is 72.9 Å². The fourth-order valence-corrected chi connectivity index (χ4v) is 3.61. The number of hydrogen-bond donors (Lipinski definition) is 6. The summed E-state index contributed by atoms with van der Waals surface area (Å²) in [7, 11) is 0. The standard InChI is InChI=1S/C30H46N2O7/c1-2-3-4-5-6-7-8-9-10-11-12-13-14-15-16-17-18-19-20-21-25(34)31-22-26(35)32-27-29(37)28(36)24(23-33)39-30(27)38/h3-4,6-7,9-10,12-13,15-16,18-19,24,27-30,33,36-38H,2,5,8,11,14,17,20-23H2,1H3,(H,31,34)(H,32,35)/b4-3-,7-6-,10-9-,13-12-,16-15-,19-18-/t24?,27?,28-,29+,30-/m1/s1. The molecule has 2 unspecified atom stereocenters. The Morgan fingerprint density at radius 1 is 0.718 bits per heavy atom. The van der Waals surface area contributed by atoms with Gasteiger partial charge in [-0.05, 0) is 44.9 Å². The molecule has 218 valence electrons. The van der Waals surface area contributed by atoms with E-state index in [0.29, 0.717) is 6.42 Å². The van der Waals surface area contributed by atoms with Crippen LogP contribution in [0.1, 0.15) is 58.3 Å². The fourth-order valence-electron chi connectivity index (χ4n) is 3.61. The van der Waals surface area contributed by atoms with E-state index in [1.807, 2.05) is 12.2 Å². The van der Waals surface area contributed by atoms with E-state index in [0.717, 1.165) is 38.5 Å². The van der Waals surface area contributed by atoms with E-state index in [9.17, 15) is 24.9 Å². The molecule has 1 fully saturated rings. The predicted octanol–water partition coefficient (Wildman–Crippen LogP) is 2.50. The normalized spacial score (nSPS) is 24.3. The van der Waals surface area contributed by atoms with Gasteiger partial charge in [0.25, 0.3) is 0 Å². The van der Waals surface area contributed by atoms with Gasteiger partial charge in [-0.1, -0.05) is 79.8 Å². The molecule has 0 radical (unpaired) electrons. The molecular formula is C30H46N2O7. The Bertz CT molecular complexity index is 863. The van der Waals surface area contributed by atoms with E-state index in [1.165, 1.54) is 0 Å². The molecule has 0 spiro atoms. The highest BCUT2D eigenvalue weighted by Gasteiger charge is 2.44. The van der Waals surface area contributed by atoms with Gasteiger partial charge in [-0.25, -0.2) is 0 Å². The minimum atomic E-state index is -1.60. The van der Waals surface area contributed by atoms with E-state index in [-0.39, 0.29) is 18.9 Å². The Hall–Kier alpha value is -2.82.